The molecule has 1 aromatic heterocycles. The number of methoxy groups -OCH3 is 1. The molecular weight excluding hydrogens is 224 g/mol. The molecule has 0 saturated carbocycles. The molecule has 3 heteroatoms. The monoisotopic (exact) mass is 246 g/mol. The van der Waals surface area contributed by atoms with E-state index in [0.29, 0.717) is 5.88 Å². The van der Waals surface area contributed by atoms with E-state index >= 15 is 0 Å². The summed E-state index contributed by atoms with van der Waals surface area (Å²) in [6, 6.07) is 4.27. The molecule has 1 rings (SSSR count). The highest BCUT2D eigenvalue weighted by Gasteiger charge is 2.15. The van der Waals surface area contributed by atoms with Crippen molar-refractivity contribution < 1.29 is 4.74 Å². The molecule has 0 radical (unpaired) electrons. The number of terminal acetylenes is 1. The number of rotatable bonds is 8. The molecule has 1 aromatic rings. The zero-order valence-electron chi connectivity index (χ0n) is 11.3. The SMILES string of the molecule is C#CCCCC(NCCC)c1cccnc1OC. The zero-order chi connectivity index (χ0) is 13.2. The summed E-state index contributed by atoms with van der Waals surface area (Å²) in [7, 11) is 1.66. The summed E-state index contributed by atoms with van der Waals surface area (Å²) in [6.07, 6.45) is 11.0. The van der Waals surface area contributed by atoms with Gasteiger partial charge in [-0.05, 0) is 31.9 Å². The molecule has 3 nitrogen and oxygen atoms in total. The number of aromatic nitrogens is 1. The van der Waals surface area contributed by atoms with E-state index in [1.165, 1.54) is 0 Å². The standard InChI is InChI=1S/C15H22N2O/c1-4-6-7-10-14(16-11-5-2)13-9-8-12-17-15(13)18-3/h1,8-9,12,14,16H,5-7,10-11H2,2-3H3. The fraction of sp³-hybridized carbons (Fsp3) is 0.533. The summed E-state index contributed by atoms with van der Waals surface area (Å²) in [6.45, 7) is 3.14. The average Bonchev–Trinajstić information content (AvgIpc) is 2.42. The normalized spacial score (nSPS) is 11.8. The van der Waals surface area contributed by atoms with E-state index in [0.717, 1.165) is 37.8 Å². The quantitative estimate of drug-likeness (QED) is 0.565. The number of pyridine rings is 1. The fourth-order valence-electron chi connectivity index (χ4n) is 1.93. The molecule has 0 aliphatic rings. The Hall–Kier alpha value is -1.53. The van der Waals surface area contributed by atoms with Gasteiger partial charge in [0.05, 0.1) is 7.11 Å². The summed E-state index contributed by atoms with van der Waals surface area (Å²) in [5.41, 5.74) is 1.12. The maximum Gasteiger partial charge on any atom is 0.217 e. The summed E-state index contributed by atoms with van der Waals surface area (Å²) in [4.78, 5) is 4.25. The van der Waals surface area contributed by atoms with Crippen LogP contribution in [-0.2, 0) is 0 Å². The molecule has 1 unspecified atom stereocenters. The van der Waals surface area contributed by atoms with Crippen molar-refractivity contribution in [2.45, 2.75) is 38.6 Å². The zero-order valence-corrected chi connectivity index (χ0v) is 11.3. The Balaban J connectivity index is 2.76. The van der Waals surface area contributed by atoms with Crippen molar-refractivity contribution in [3.63, 3.8) is 0 Å². The molecule has 1 N–H and O–H groups in total. The molecule has 0 amide bonds. The number of unbranched alkanes of at least 4 members (excludes halogenated alkanes) is 1. The number of nitrogens with zero attached hydrogens (tertiary/aromatic N) is 1. The van der Waals surface area contributed by atoms with Gasteiger partial charge in [-0.1, -0.05) is 13.0 Å². The highest BCUT2D eigenvalue weighted by atomic mass is 16.5. The van der Waals surface area contributed by atoms with Crippen LogP contribution in [0.2, 0.25) is 0 Å². The molecule has 1 heterocycles. The van der Waals surface area contributed by atoms with Gasteiger partial charge < -0.3 is 10.1 Å². The Labute approximate surface area is 110 Å². The minimum atomic E-state index is 0.266. The second-order valence-electron chi connectivity index (χ2n) is 4.20. The Kier molecular flexibility index (Phi) is 6.90. The first-order chi connectivity index (χ1) is 8.83. The molecule has 0 spiro atoms. The van der Waals surface area contributed by atoms with Crippen molar-refractivity contribution in [1.29, 1.82) is 0 Å². The number of hydrogen-bond donors (Lipinski definition) is 1. The van der Waals surface area contributed by atoms with Gasteiger partial charge in [-0.3, -0.25) is 0 Å². The molecule has 1 atom stereocenters. The minimum absolute atomic E-state index is 0.266. The van der Waals surface area contributed by atoms with Crippen LogP contribution in [0.15, 0.2) is 18.3 Å². The first-order valence-corrected chi connectivity index (χ1v) is 6.49. The van der Waals surface area contributed by atoms with Crippen LogP contribution in [0.25, 0.3) is 0 Å². The summed E-state index contributed by atoms with van der Waals surface area (Å²) in [5, 5.41) is 3.53. The van der Waals surface area contributed by atoms with Crippen molar-refractivity contribution in [1.82, 2.24) is 10.3 Å². The van der Waals surface area contributed by atoms with Gasteiger partial charge >= 0.3 is 0 Å². The molecule has 0 aromatic carbocycles. The van der Waals surface area contributed by atoms with Crippen molar-refractivity contribution in [2.75, 3.05) is 13.7 Å². The molecule has 18 heavy (non-hydrogen) atoms. The lowest BCUT2D eigenvalue weighted by atomic mass is 10.0. The molecule has 0 bridgehead atoms. The third-order valence-electron chi connectivity index (χ3n) is 2.82. The predicted octanol–water partition coefficient (Wildman–Crippen LogP) is 2.93. The Morgan fingerprint density at radius 2 is 2.39 bits per heavy atom. The lowest BCUT2D eigenvalue weighted by Gasteiger charge is -2.20. The van der Waals surface area contributed by atoms with Gasteiger partial charge in [-0.2, -0.15) is 0 Å². The topological polar surface area (TPSA) is 34.2 Å². The Morgan fingerprint density at radius 3 is 3.06 bits per heavy atom. The maximum absolute atomic E-state index is 5.32. The van der Waals surface area contributed by atoms with Crippen LogP contribution in [0.4, 0.5) is 0 Å². The van der Waals surface area contributed by atoms with E-state index in [1.54, 1.807) is 13.3 Å². The van der Waals surface area contributed by atoms with E-state index in [4.69, 9.17) is 11.2 Å². The van der Waals surface area contributed by atoms with Crippen LogP contribution in [0.3, 0.4) is 0 Å². The smallest absolute Gasteiger partial charge is 0.217 e. The third kappa shape index (κ3) is 4.38. The highest BCUT2D eigenvalue weighted by molar-refractivity contribution is 5.28. The van der Waals surface area contributed by atoms with Gasteiger partial charge in [0.25, 0.3) is 0 Å². The van der Waals surface area contributed by atoms with Crippen molar-refractivity contribution in [3.05, 3.63) is 23.9 Å². The van der Waals surface area contributed by atoms with Crippen LogP contribution in [-0.4, -0.2) is 18.6 Å². The van der Waals surface area contributed by atoms with E-state index in [-0.39, 0.29) is 6.04 Å². The van der Waals surface area contributed by atoms with Crippen LogP contribution < -0.4 is 10.1 Å². The Bertz CT molecular complexity index is 384. The van der Waals surface area contributed by atoms with E-state index in [2.05, 4.69) is 29.2 Å². The lowest BCUT2D eigenvalue weighted by molar-refractivity contribution is 0.377. The molecule has 0 aliphatic heterocycles. The van der Waals surface area contributed by atoms with Crippen molar-refractivity contribution >= 4 is 0 Å². The van der Waals surface area contributed by atoms with Gasteiger partial charge in [0, 0.05) is 24.2 Å². The predicted molar refractivity (Wildman–Crippen MR) is 74.5 cm³/mol. The van der Waals surface area contributed by atoms with Crippen LogP contribution in [0.5, 0.6) is 5.88 Å². The van der Waals surface area contributed by atoms with Gasteiger partial charge in [0.1, 0.15) is 0 Å². The van der Waals surface area contributed by atoms with E-state index < -0.39 is 0 Å². The third-order valence-corrected chi connectivity index (χ3v) is 2.82. The molecule has 0 fully saturated rings. The fourth-order valence-corrected chi connectivity index (χ4v) is 1.93. The van der Waals surface area contributed by atoms with Gasteiger partial charge in [0.15, 0.2) is 0 Å². The summed E-state index contributed by atoms with van der Waals surface area (Å²) < 4.78 is 5.32. The van der Waals surface area contributed by atoms with Crippen molar-refractivity contribution in [2.24, 2.45) is 0 Å². The summed E-state index contributed by atoms with van der Waals surface area (Å²) in [5.74, 6) is 3.39. The van der Waals surface area contributed by atoms with Crippen LogP contribution in [0.1, 0.15) is 44.2 Å². The lowest BCUT2D eigenvalue weighted by Crippen LogP contribution is -2.22. The summed E-state index contributed by atoms with van der Waals surface area (Å²) >= 11 is 0. The largest absolute Gasteiger partial charge is 0.481 e. The molecule has 0 saturated heterocycles. The van der Waals surface area contributed by atoms with E-state index in [1.807, 2.05) is 6.07 Å². The molecular formula is C15H22N2O. The van der Waals surface area contributed by atoms with Crippen LogP contribution >= 0.6 is 0 Å². The maximum atomic E-state index is 5.32. The first kappa shape index (κ1) is 14.5. The van der Waals surface area contributed by atoms with Gasteiger partial charge in [-0.15, -0.1) is 12.3 Å². The number of ether oxygens (including phenoxy) is 1. The number of nitrogens with one attached hydrogen (secondary N) is 1. The number of hydrogen-bond acceptors (Lipinski definition) is 3. The van der Waals surface area contributed by atoms with E-state index in [9.17, 15) is 0 Å². The van der Waals surface area contributed by atoms with Crippen molar-refractivity contribution in [3.8, 4) is 18.2 Å². The second kappa shape index (κ2) is 8.54. The molecule has 0 aliphatic carbocycles. The highest BCUT2D eigenvalue weighted by Crippen LogP contribution is 2.26. The average molecular weight is 246 g/mol. The first-order valence-electron chi connectivity index (χ1n) is 6.49. The van der Waals surface area contributed by atoms with Gasteiger partial charge in [-0.25, -0.2) is 4.98 Å². The minimum Gasteiger partial charge on any atom is -0.481 e. The van der Waals surface area contributed by atoms with Gasteiger partial charge in [0.2, 0.25) is 5.88 Å². The molecule has 98 valence electrons. The Morgan fingerprint density at radius 1 is 1.56 bits per heavy atom. The second-order valence-corrected chi connectivity index (χ2v) is 4.20. The van der Waals surface area contributed by atoms with Crippen LogP contribution in [0, 0.1) is 12.3 Å².